The molecule has 96 valence electrons. The molecule has 1 heterocycles. The van der Waals surface area contributed by atoms with Crippen LogP contribution >= 0.6 is 0 Å². The van der Waals surface area contributed by atoms with Crippen LogP contribution < -0.4 is 5.32 Å². The van der Waals surface area contributed by atoms with Crippen LogP contribution in [0.3, 0.4) is 0 Å². The molecule has 1 aliphatic heterocycles. The summed E-state index contributed by atoms with van der Waals surface area (Å²) in [6, 6.07) is 10.9. The Morgan fingerprint density at radius 3 is 2.72 bits per heavy atom. The lowest BCUT2D eigenvalue weighted by Gasteiger charge is -2.16. The standard InChI is InChI=1S/C15H20N2O/c18-15(13-6-7-13)16-14-8-9-17(11-14)10-12-4-2-1-3-5-12/h1-5,13-14H,6-11H2,(H,16,18)/t14-/m1/s1. The Labute approximate surface area is 108 Å². The van der Waals surface area contributed by atoms with Gasteiger partial charge in [0.15, 0.2) is 0 Å². The van der Waals surface area contributed by atoms with Crippen molar-refractivity contribution in [3.63, 3.8) is 0 Å². The molecule has 1 N–H and O–H groups in total. The first-order chi connectivity index (χ1) is 8.81. The normalized spacial score (nSPS) is 24.1. The van der Waals surface area contributed by atoms with Crippen molar-refractivity contribution in [1.82, 2.24) is 10.2 Å². The molecule has 2 fully saturated rings. The molecule has 3 rings (SSSR count). The van der Waals surface area contributed by atoms with Crippen molar-refractivity contribution in [2.24, 2.45) is 5.92 Å². The largest absolute Gasteiger partial charge is 0.352 e. The highest BCUT2D eigenvalue weighted by molar-refractivity contribution is 5.81. The summed E-state index contributed by atoms with van der Waals surface area (Å²) in [6.07, 6.45) is 3.27. The minimum absolute atomic E-state index is 0.279. The van der Waals surface area contributed by atoms with Gasteiger partial charge in [0.25, 0.3) is 0 Å². The van der Waals surface area contributed by atoms with Gasteiger partial charge >= 0.3 is 0 Å². The number of hydrogen-bond donors (Lipinski definition) is 1. The highest BCUT2D eigenvalue weighted by Crippen LogP contribution is 2.29. The summed E-state index contributed by atoms with van der Waals surface area (Å²) in [7, 11) is 0. The summed E-state index contributed by atoms with van der Waals surface area (Å²) in [4.78, 5) is 14.1. The van der Waals surface area contributed by atoms with E-state index in [4.69, 9.17) is 0 Å². The third kappa shape index (κ3) is 2.91. The minimum atomic E-state index is 0.279. The van der Waals surface area contributed by atoms with Crippen LogP contribution in [0.5, 0.6) is 0 Å². The smallest absolute Gasteiger partial charge is 0.223 e. The molecule has 1 atom stereocenters. The van der Waals surface area contributed by atoms with Crippen LogP contribution in [0, 0.1) is 5.92 Å². The zero-order valence-electron chi connectivity index (χ0n) is 10.6. The fourth-order valence-electron chi connectivity index (χ4n) is 2.60. The van der Waals surface area contributed by atoms with Crippen molar-refractivity contribution in [2.75, 3.05) is 13.1 Å². The first kappa shape index (κ1) is 11.7. The van der Waals surface area contributed by atoms with Gasteiger partial charge in [-0.2, -0.15) is 0 Å². The summed E-state index contributed by atoms with van der Waals surface area (Å²) in [5.74, 6) is 0.606. The molecule has 0 radical (unpaired) electrons. The van der Waals surface area contributed by atoms with Gasteiger partial charge in [-0.05, 0) is 24.8 Å². The van der Waals surface area contributed by atoms with Gasteiger partial charge in [-0.25, -0.2) is 0 Å². The van der Waals surface area contributed by atoms with Crippen LogP contribution in [0.2, 0.25) is 0 Å². The number of nitrogens with zero attached hydrogens (tertiary/aromatic N) is 1. The Bertz CT molecular complexity index is 414. The van der Waals surface area contributed by atoms with E-state index < -0.39 is 0 Å². The van der Waals surface area contributed by atoms with E-state index in [-0.39, 0.29) is 5.91 Å². The molecule has 0 aromatic heterocycles. The number of rotatable bonds is 4. The molecule has 1 aliphatic carbocycles. The number of carbonyl (C=O) groups is 1. The molecule has 1 aromatic rings. The Hall–Kier alpha value is -1.35. The van der Waals surface area contributed by atoms with Crippen molar-refractivity contribution in [3.8, 4) is 0 Å². The SMILES string of the molecule is O=C(N[C@@H]1CCN(Cc2ccccc2)C1)C1CC1. The second-order valence-corrected chi connectivity index (χ2v) is 5.49. The molecular formula is C15H20N2O. The van der Waals surface area contributed by atoms with Crippen molar-refractivity contribution < 1.29 is 4.79 Å². The third-order valence-electron chi connectivity index (χ3n) is 3.82. The predicted molar refractivity (Wildman–Crippen MR) is 71.0 cm³/mol. The number of amides is 1. The van der Waals surface area contributed by atoms with Crippen molar-refractivity contribution in [1.29, 1.82) is 0 Å². The lowest BCUT2D eigenvalue weighted by Crippen LogP contribution is -2.37. The first-order valence-corrected chi connectivity index (χ1v) is 6.88. The molecule has 1 saturated carbocycles. The maximum Gasteiger partial charge on any atom is 0.223 e. The van der Waals surface area contributed by atoms with Crippen molar-refractivity contribution in [3.05, 3.63) is 35.9 Å². The van der Waals surface area contributed by atoms with Crippen LogP contribution in [-0.2, 0) is 11.3 Å². The zero-order valence-corrected chi connectivity index (χ0v) is 10.6. The summed E-state index contributed by atoms with van der Waals surface area (Å²) >= 11 is 0. The molecule has 1 saturated heterocycles. The van der Waals surface area contributed by atoms with Crippen molar-refractivity contribution >= 4 is 5.91 Å². The Morgan fingerprint density at radius 1 is 1.22 bits per heavy atom. The molecule has 18 heavy (non-hydrogen) atoms. The highest BCUT2D eigenvalue weighted by atomic mass is 16.2. The van der Waals surface area contributed by atoms with E-state index in [0.29, 0.717) is 12.0 Å². The van der Waals surface area contributed by atoms with E-state index in [2.05, 4.69) is 34.5 Å². The topological polar surface area (TPSA) is 32.3 Å². The second-order valence-electron chi connectivity index (χ2n) is 5.49. The van der Waals surface area contributed by atoms with E-state index >= 15 is 0 Å². The molecule has 1 amide bonds. The van der Waals surface area contributed by atoms with Gasteiger partial charge in [0.1, 0.15) is 0 Å². The van der Waals surface area contributed by atoms with E-state index in [1.165, 1.54) is 5.56 Å². The lowest BCUT2D eigenvalue weighted by atomic mass is 10.2. The molecular weight excluding hydrogens is 224 g/mol. The fraction of sp³-hybridized carbons (Fsp3) is 0.533. The van der Waals surface area contributed by atoms with E-state index in [0.717, 1.165) is 38.9 Å². The van der Waals surface area contributed by atoms with Crippen LogP contribution in [0.15, 0.2) is 30.3 Å². The molecule has 2 aliphatic rings. The van der Waals surface area contributed by atoms with E-state index in [1.54, 1.807) is 0 Å². The minimum Gasteiger partial charge on any atom is -0.352 e. The van der Waals surface area contributed by atoms with Crippen LogP contribution in [0.1, 0.15) is 24.8 Å². The molecule has 3 nitrogen and oxygen atoms in total. The average molecular weight is 244 g/mol. The maximum absolute atomic E-state index is 11.7. The Balaban J connectivity index is 1.47. The highest BCUT2D eigenvalue weighted by Gasteiger charge is 2.32. The van der Waals surface area contributed by atoms with Gasteiger partial charge in [-0.1, -0.05) is 30.3 Å². The van der Waals surface area contributed by atoms with Crippen molar-refractivity contribution in [2.45, 2.75) is 31.8 Å². The van der Waals surface area contributed by atoms with Gasteiger partial charge in [0.2, 0.25) is 5.91 Å². The summed E-state index contributed by atoms with van der Waals surface area (Å²) in [6.45, 7) is 3.08. The monoisotopic (exact) mass is 244 g/mol. The average Bonchev–Trinajstić information content (AvgIpc) is 3.15. The molecule has 0 bridgehead atoms. The van der Waals surface area contributed by atoms with Gasteiger partial charge in [0.05, 0.1) is 0 Å². The first-order valence-electron chi connectivity index (χ1n) is 6.88. The number of benzene rings is 1. The molecule has 1 aromatic carbocycles. The van der Waals surface area contributed by atoms with E-state index in [1.807, 2.05) is 6.07 Å². The quantitative estimate of drug-likeness (QED) is 0.875. The Morgan fingerprint density at radius 2 is 2.00 bits per heavy atom. The van der Waals surface area contributed by atoms with Gasteiger partial charge in [-0.15, -0.1) is 0 Å². The number of likely N-dealkylation sites (tertiary alicyclic amines) is 1. The van der Waals surface area contributed by atoms with E-state index in [9.17, 15) is 4.79 Å². The van der Waals surface area contributed by atoms with Crippen LogP contribution in [0.4, 0.5) is 0 Å². The van der Waals surface area contributed by atoms with Gasteiger partial charge in [0, 0.05) is 31.6 Å². The number of hydrogen-bond acceptors (Lipinski definition) is 2. The number of nitrogens with one attached hydrogen (secondary N) is 1. The molecule has 0 spiro atoms. The maximum atomic E-state index is 11.7. The summed E-state index contributed by atoms with van der Waals surface area (Å²) < 4.78 is 0. The Kier molecular flexibility index (Phi) is 3.33. The summed E-state index contributed by atoms with van der Waals surface area (Å²) in [5.41, 5.74) is 1.35. The van der Waals surface area contributed by atoms with Crippen LogP contribution in [0.25, 0.3) is 0 Å². The second kappa shape index (κ2) is 5.11. The molecule has 3 heteroatoms. The fourth-order valence-corrected chi connectivity index (χ4v) is 2.60. The number of carbonyl (C=O) groups excluding carboxylic acids is 1. The van der Waals surface area contributed by atoms with Gasteiger partial charge in [-0.3, -0.25) is 9.69 Å². The molecule has 0 unspecified atom stereocenters. The predicted octanol–water partition coefficient (Wildman–Crippen LogP) is 1.79. The van der Waals surface area contributed by atoms with Gasteiger partial charge < -0.3 is 5.32 Å². The van der Waals surface area contributed by atoms with Crippen LogP contribution in [-0.4, -0.2) is 29.9 Å². The summed E-state index contributed by atoms with van der Waals surface area (Å²) in [5, 5.41) is 3.18. The zero-order chi connectivity index (χ0) is 12.4. The third-order valence-corrected chi connectivity index (χ3v) is 3.82. The lowest BCUT2D eigenvalue weighted by molar-refractivity contribution is -0.122.